The highest BCUT2D eigenvalue weighted by Crippen LogP contribution is 2.25. The van der Waals surface area contributed by atoms with E-state index in [9.17, 15) is 0 Å². The molecule has 0 heterocycles. The first-order valence-corrected chi connectivity index (χ1v) is 7.29. The van der Waals surface area contributed by atoms with Crippen LogP contribution in [0, 0.1) is 0 Å². The lowest BCUT2D eigenvalue weighted by Crippen LogP contribution is -1.88. The van der Waals surface area contributed by atoms with Crippen LogP contribution in [0.25, 0.3) is 0 Å². The lowest BCUT2D eigenvalue weighted by molar-refractivity contribution is 0.838. The average Bonchev–Trinajstić information content (AvgIpc) is 2.04. The predicted octanol–water partition coefficient (Wildman–Crippen LogP) is 5.10. The van der Waals surface area contributed by atoms with Gasteiger partial charge in [-0.3, -0.25) is 0 Å². The largest absolute Gasteiger partial charge is 0.0860 e. The molecular formula is C10H18I2. The average molecular weight is 392 g/mol. The van der Waals surface area contributed by atoms with Crippen molar-refractivity contribution in [1.82, 2.24) is 0 Å². The van der Waals surface area contributed by atoms with Gasteiger partial charge < -0.3 is 0 Å². The van der Waals surface area contributed by atoms with Crippen LogP contribution in [0.4, 0.5) is 0 Å². The molecule has 12 heavy (non-hydrogen) atoms. The topological polar surface area (TPSA) is 0 Å². The highest BCUT2D eigenvalue weighted by atomic mass is 127. The molecule has 0 aromatic rings. The van der Waals surface area contributed by atoms with Crippen LogP contribution in [0.3, 0.4) is 0 Å². The summed E-state index contributed by atoms with van der Waals surface area (Å²) in [7, 11) is 0. The molecule has 0 nitrogen and oxygen atoms in total. The zero-order chi connectivity index (χ0) is 9.40. The molecule has 0 aromatic carbocycles. The molecule has 72 valence electrons. The molecule has 0 amide bonds. The maximum absolute atomic E-state index is 2.53. The zero-order valence-electron chi connectivity index (χ0n) is 8.00. The third kappa shape index (κ3) is 5.78. The molecule has 0 unspecified atom stereocenters. The summed E-state index contributed by atoms with van der Waals surface area (Å²) in [4.78, 5) is 0. The highest BCUT2D eigenvalue weighted by Gasteiger charge is 2.01. The van der Waals surface area contributed by atoms with Gasteiger partial charge in [-0.15, -0.1) is 0 Å². The van der Waals surface area contributed by atoms with E-state index in [-0.39, 0.29) is 0 Å². The third-order valence-corrected chi connectivity index (χ3v) is 3.64. The third-order valence-electron chi connectivity index (χ3n) is 1.80. The van der Waals surface area contributed by atoms with E-state index in [1.54, 1.807) is 9.15 Å². The van der Waals surface area contributed by atoms with Gasteiger partial charge in [-0.05, 0) is 45.4 Å². The monoisotopic (exact) mass is 392 g/mol. The van der Waals surface area contributed by atoms with Crippen LogP contribution in [0.1, 0.15) is 46.0 Å². The summed E-state index contributed by atoms with van der Waals surface area (Å²) in [5.74, 6) is 0. The van der Waals surface area contributed by atoms with Gasteiger partial charge in [0.05, 0.1) is 0 Å². The van der Waals surface area contributed by atoms with E-state index in [2.05, 4.69) is 59.0 Å². The minimum Gasteiger partial charge on any atom is -0.0860 e. The van der Waals surface area contributed by atoms with Crippen LogP contribution in [0.2, 0.25) is 0 Å². The summed E-state index contributed by atoms with van der Waals surface area (Å²) in [6, 6.07) is 0. The van der Waals surface area contributed by atoms with Crippen molar-refractivity contribution >= 4 is 45.2 Å². The van der Waals surface area contributed by atoms with Gasteiger partial charge in [-0.1, -0.05) is 54.9 Å². The quantitative estimate of drug-likeness (QED) is 0.436. The Morgan fingerprint density at radius 2 is 1.58 bits per heavy atom. The Bertz CT molecular complexity index is 131. The smallest absolute Gasteiger partial charge is 0.00329 e. The minimum absolute atomic E-state index is 1.27. The Labute approximate surface area is 104 Å². The second-order valence-electron chi connectivity index (χ2n) is 2.95. The molecule has 2 heteroatoms. The Hall–Kier alpha value is 1.20. The van der Waals surface area contributed by atoms with Crippen LogP contribution < -0.4 is 0 Å². The molecule has 0 saturated carbocycles. The zero-order valence-corrected chi connectivity index (χ0v) is 12.3. The fourth-order valence-corrected chi connectivity index (χ4v) is 2.94. The standard InChI is InChI=1S/C10H18I2/c1-3-5-9(7-8-11)10(12)6-4-2/h3-8H2,1-2H3/b10-9-. The van der Waals surface area contributed by atoms with Gasteiger partial charge in [0.2, 0.25) is 0 Å². The number of rotatable bonds is 6. The van der Waals surface area contributed by atoms with Gasteiger partial charge in [-0.25, -0.2) is 0 Å². The first kappa shape index (κ1) is 13.2. The Balaban J connectivity index is 4.11. The summed E-state index contributed by atoms with van der Waals surface area (Å²) < 4.78 is 2.89. The number of hydrogen-bond donors (Lipinski definition) is 0. The summed E-state index contributed by atoms with van der Waals surface area (Å²) in [6.45, 7) is 4.52. The fraction of sp³-hybridized carbons (Fsp3) is 0.800. The van der Waals surface area contributed by atoms with E-state index in [1.807, 2.05) is 0 Å². The molecule has 0 fully saturated rings. The van der Waals surface area contributed by atoms with E-state index in [4.69, 9.17) is 0 Å². The van der Waals surface area contributed by atoms with Gasteiger partial charge in [0, 0.05) is 4.43 Å². The second kappa shape index (κ2) is 8.78. The number of halogens is 2. The lowest BCUT2D eigenvalue weighted by atomic mass is 10.1. The van der Waals surface area contributed by atoms with Gasteiger partial charge in [-0.2, -0.15) is 0 Å². The molecule has 0 atom stereocenters. The van der Waals surface area contributed by atoms with Gasteiger partial charge in [0.1, 0.15) is 0 Å². The molecule has 0 aliphatic heterocycles. The molecule has 0 spiro atoms. The van der Waals surface area contributed by atoms with Gasteiger partial charge in [0.15, 0.2) is 0 Å². The molecule has 0 bridgehead atoms. The van der Waals surface area contributed by atoms with E-state index < -0.39 is 0 Å². The van der Waals surface area contributed by atoms with Crippen LogP contribution in [0.15, 0.2) is 9.15 Å². The minimum atomic E-state index is 1.27. The molecule has 0 rings (SSSR count). The number of allylic oxidation sites excluding steroid dienone is 2. The van der Waals surface area contributed by atoms with E-state index in [1.165, 1.54) is 36.5 Å². The van der Waals surface area contributed by atoms with Crippen molar-refractivity contribution in [2.75, 3.05) is 4.43 Å². The first-order valence-electron chi connectivity index (χ1n) is 4.68. The van der Waals surface area contributed by atoms with Crippen LogP contribution in [0.5, 0.6) is 0 Å². The second-order valence-corrected chi connectivity index (χ2v) is 5.33. The maximum atomic E-state index is 2.53. The molecule has 0 aromatic heterocycles. The van der Waals surface area contributed by atoms with Crippen LogP contribution in [-0.4, -0.2) is 4.43 Å². The van der Waals surface area contributed by atoms with Crippen molar-refractivity contribution in [2.45, 2.75) is 46.0 Å². The van der Waals surface area contributed by atoms with Crippen molar-refractivity contribution in [3.8, 4) is 0 Å². The van der Waals surface area contributed by atoms with Gasteiger partial charge in [0.25, 0.3) is 0 Å². The number of hydrogen-bond acceptors (Lipinski definition) is 0. The lowest BCUT2D eigenvalue weighted by Gasteiger charge is -2.07. The molecular weight excluding hydrogens is 374 g/mol. The fourth-order valence-electron chi connectivity index (χ4n) is 1.21. The van der Waals surface area contributed by atoms with E-state index >= 15 is 0 Å². The SMILES string of the molecule is CCC/C(I)=C(\CCC)CCI. The van der Waals surface area contributed by atoms with Crippen molar-refractivity contribution < 1.29 is 0 Å². The Morgan fingerprint density at radius 3 is 2.00 bits per heavy atom. The van der Waals surface area contributed by atoms with Crippen molar-refractivity contribution in [3.05, 3.63) is 9.15 Å². The van der Waals surface area contributed by atoms with Crippen LogP contribution >= 0.6 is 45.2 Å². The van der Waals surface area contributed by atoms with E-state index in [0.29, 0.717) is 0 Å². The summed E-state index contributed by atoms with van der Waals surface area (Å²) in [5.41, 5.74) is 1.70. The van der Waals surface area contributed by atoms with Crippen molar-refractivity contribution in [1.29, 1.82) is 0 Å². The predicted molar refractivity (Wildman–Crippen MR) is 74.4 cm³/mol. The molecule has 0 radical (unpaired) electrons. The summed E-state index contributed by atoms with van der Waals surface area (Å²) >= 11 is 4.99. The Morgan fingerprint density at radius 1 is 1.00 bits per heavy atom. The number of alkyl halides is 1. The maximum Gasteiger partial charge on any atom is 0.00329 e. The Kier molecular flexibility index (Phi) is 9.66. The molecule has 0 saturated heterocycles. The summed E-state index contributed by atoms with van der Waals surface area (Å²) in [6.07, 6.45) is 6.47. The van der Waals surface area contributed by atoms with Crippen LogP contribution in [-0.2, 0) is 0 Å². The normalized spacial score (nSPS) is 13.0. The summed E-state index contributed by atoms with van der Waals surface area (Å²) in [5, 5.41) is 0. The van der Waals surface area contributed by atoms with E-state index in [0.717, 1.165) is 0 Å². The van der Waals surface area contributed by atoms with Crippen molar-refractivity contribution in [2.24, 2.45) is 0 Å². The molecule has 0 aliphatic carbocycles. The first-order chi connectivity index (χ1) is 5.76. The van der Waals surface area contributed by atoms with Gasteiger partial charge >= 0.3 is 0 Å². The molecule has 0 aliphatic rings. The van der Waals surface area contributed by atoms with Crippen molar-refractivity contribution in [3.63, 3.8) is 0 Å². The highest BCUT2D eigenvalue weighted by molar-refractivity contribution is 14.1. The molecule has 0 N–H and O–H groups in total.